The smallest absolute Gasteiger partial charge is 0.246 e. The van der Waals surface area contributed by atoms with Gasteiger partial charge in [-0.3, -0.25) is 4.79 Å². The molecule has 10 heteroatoms. The highest BCUT2D eigenvalue weighted by atomic mass is 19.1. The van der Waals surface area contributed by atoms with Gasteiger partial charge in [-0.15, -0.1) is 0 Å². The Morgan fingerprint density at radius 2 is 1.95 bits per heavy atom. The largest absolute Gasteiger partial charge is 0.351 e. The lowest BCUT2D eigenvalue weighted by Crippen LogP contribution is -2.67. The molecule has 0 unspecified atom stereocenters. The zero-order chi connectivity index (χ0) is 30.6. The highest BCUT2D eigenvalue weighted by molar-refractivity contribution is 6.09. The lowest BCUT2D eigenvalue weighted by atomic mass is 9.90. The average molecular weight is 584 g/mol. The molecule has 2 aromatic carbocycles. The van der Waals surface area contributed by atoms with E-state index < -0.39 is 5.82 Å². The molecule has 0 aliphatic carbocycles. The van der Waals surface area contributed by atoms with Crippen molar-refractivity contribution in [3.8, 4) is 17.2 Å². The topological polar surface area (TPSA) is 81.3 Å². The number of likely N-dealkylation sites (N-methyl/N-ethyl adjacent to an activating group) is 1. The first-order valence-electron chi connectivity index (χ1n) is 14.5. The molecule has 0 saturated carbocycles. The number of piperidine rings is 1. The number of benzene rings is 2. The van der Waals surface area contributed by atoms with E-state index in [0.29, 0.717) is 65.9 Å². The average Bonchev–Trinajstić information content (AvgIpc) is 3.42. The number of halogens is 2. The van der Waals surface area contributed by atoms with E-state index in [1.807, 2.05) is 27.1 Å². The van der Waals surface area contributed by atoms with Crippen molar-refractivity contribution >= 4 is 33.7 Å². The van der Waals surface area contributed by atoms with E-state index in [1.54, 1.807) is 23.4 Å². The number of carbonyl (C=O) groups excluding carboxylic acids is 1. The van der Waals surface area contributed by atoms with Crippen molar-refractivity contribution < 1.29 is 13.6 Å². The van der Waals surface area contributed by atoms with Gasteiger partial charge in [0, 0.05) is 42.7 Å². The van der Waals surface area contributed by atoms with E-state index in [2.05, 4.69) is 33.9 Å². The molecule has 2 aliphatic rings. The van der Waals surface area contributed by atoms with Gasteiger partial charge in [0.05, 0.1) is 29.9 Å². The minimum Gasteiger partial charge on any atom is -0.351 e. The van der Waals surface area contributed by atoms with Gasteiger partial charge in [0.2, 0.25) is 5.91 Å². The molecular formula is C33H35F2N7O. The summed E-state index contributed by atoms with van der Waals surface area (Å²) in [4.78, 5) is 28.3. The molecule has 2 atom stereocenters. The molecule has 1 amide bonds. The number of aryl methyl sites for hydroxylation is 1. The summed E-state index contributed by atoms with van der Waals surface area (Å²) in [5.74, 6) is -0.395. The SMILES string of the molecule is C=CC(=O)N1CC[C@H](n2cnc3c(N4CC(C)(N(C)C)C4)nc4c(F)c(-c5ccc(F)cc5)c(C)cc4c32)C[C@H]1CC#N. The lowest BCUT2D eigenvalue weighted by Gasteiger charge is -2.52. The molecule has 4 heterocycles. The van der Waals surface area contributed by atoms with Crippen LogP contribution in [0.2, 0.25) is 0 Å². The number of rotatable bonds is 6. The second kappa shape index (κ2) is 10.7. The number of nitriles is 1. The van der Waals surface area contributed by atoms with Crippen molar-refractivity contribution in [2.45, 2.75) is 50.7 Å². The number of pyridine rings is 1. The Balaban J connectivity index is 1.53. The van der Waals surface area contributed by atoms with Gasteiger partial charge in [-0.2, -0.15) is 5.26 Å². The van der Waals surface area contributed by atoms with E-state index in [-0.39, 0.29) is 41.3 Å². The molecule has 6 rings (SSSR count). The van der Waals surface area contributed by atoms with Gasteiger partial charge < -0.3 is 19.3 Å². The zero-order valence-electron chi connectivity index (χ0n) is 24.9. The summed E-state index contributed by atoms with van der Waals surface area (Å²) in [5, 5.41) is 10.2. The van der Waals surface area contributed by atoms with Crippen molar-refractivity contribution in [2.75, 3.05) is 38.6 Å². The Morgan fingerprint density at radius 3 is 2.60 bits per heavy atom. The monoisotopic (exact) mass is 583 g/mol. The molecule has 43 heavy (non-hydrogen) atoms. The quantitative estimate of drug-likeness (QED) is 0.275. The van der Waals surface area contributed by atoms with Crippen molar-refractivity contribution in [1.82, 2.24) is 24.3 Å². The highest BCUT2D eigenvalue weighted by Gasteiger charge is 2.43. The van der Waals surface area contributed by atoms with Crippen LogP contribution < -0.4 is 4.90 Å². The second-order valence-corrected chi connectivity index (χ2v) is 12.2. The number of fused-ring (bicyclic) bond motifs is 3. The third-order valence-corrected chi connectivity index (χ3v) is 9.36. The number of hydrogen-bond donors (Lipinski definition) is 0. The number of amides is 1. The van der Waals surface area contributed by atoms with Crippen LogP contribution >= 0.6 is 0 Å². The lowest BCUT2D eigenvalue weighted by molar-refractivity contribution is -0.130. The van der Waals surface area contributed by atoms with Gasteiger partial charge in [0.25, 0.3) is 0 Å². The maximum atomic E-state index is 16.6. The molecule has 8 nitrogen and oxygen atoms in total. The van der Waals surface area contributed by atoms with Gasteiger partial charge in [-0.25, -0.2) is 18.7 Å². The molecule has 4 aromatic rings. The Hall–Kier alpha value is -4.36. The number of imidazole rings is 1. The molecule has 222 valence electrons. The van der Waals surface area contributed by atoms with Crippen LogP contribution in [0.15, 0.2) is 49.3 Å². The molecular weight excluding hydrogens is 548 g/mol. The Kier molecular flexibility index (Phi) is 7.17. The first-order chi connectivity index (χ1) is 20.6. The summed E-state index contributed by atoms with van der Waals surface area (Å²) in [7, 11) is 4.10. The van der Waals surface area contributed by atoms with Crippen LogP contribution in [-0.2, 0) is 4.79 Å². The summed E-state index contributed by atoms with van der Waals surface area (Å²) < 4.78 is 32.4. The van der Waals surface area contributed by atoms with Crippen LogP contribution in [-0.4, -0.2) is 75.6 Å². The third kappa shape index (κ3) is 4.72. The van der Waals surface area contributed by atoms with Gasteiger partial charge >= 0.3 is 0 Å². The van der Waals surface area contributed by atoms with Crippen LogP contribution in [0.3, 0.4) is 0 Å². The van der Waals surface area contributed by atoms with E-state index >= 15 is 4.39 Å². The molecule has 0 N–H and O–H groups in total. The van der Waals surface area contributed by atoms with E-state index in [0.717, 1.165) is 5.52 Å². The maximum Gasteiger partial charge on any atom is 0.246 e. The van der Waals surface area contributed by atoms with Crippen LogP contribution in [0.25, 0.3) is 33.1 Å². The van der Waals surface area contributed by atoms with E-state index in [4.69, 9.17) is 9.97 Å². The van der Waals surface area contributed by atoms with Gasteiger partial charge in [0.1, 0.15) is 16.9 Å². The predicted octanol–water partition coefficient (Wildman–Crippen LogP) is 5.61. The number of anilines is 1. The minimum atomic E-state index is -0.456. The number of likely N-dealkylation sites (tertiary alicyclic amines) is 1. The first-order valence-corrected chi connectivity index (χ1v) is 14.5. The predicted molar refractivity (Wildman–Crippen MR) is 164 cm³/mol. The molecule has 2 aliphatic heterocycles. The standard InChI is InChI=1S/C33H35F2N7O/c1-6-26(43)41-14-12-24(16-23(41)11-13-36)42-19-37-30-31(42)25-15-20(2)27(21-7-9-22(34)10-8-21)28(35)29(25)38-32(30)40-17-33(3,18-40)39(4)5/h6-10,15,19,23-24H,1,11-12,14,16-18H2,2-5H3/t23-,24+/m1/s1. The number of nitrogens with zero attached hydrogens (tertiary/aromatic N) is 7. The fourth-order valence-corrected chi connectivity index (χ4v) is 6.67. The second-order valence-electron chi connectivity index (χ2n) is 12.2. The summed E-state index contributed by atoms with van der Waals surface area (Å²) in [6.45, 7) is 9.57. The highest BCUT2D eigenvalue weighted by Crippen LogP contribution is 2.42. The fraction of sp³-hybridized carbons (Fsp3) is 0.394. The summed E-state index contributed by atoms with van der Waals surface area (Å²) >= 11 is 0. The van der Waals surface area contributed by atoms with Crippen molar-refractivity contribution in [3.05, 3.63) is 66.5 Å². The Bertz CT molecular complexity index is 1780. The van der Waals surface area contributed by atoms with Crippen LogP contribution in [0, 0.1) is 29.9 Å². The fourth-order valence-electron chi connectivity index (χ4n) is 6.67. The number of aromatic nitrogens is 3. The first kappa shape index (κ1) is 28.7. The molecule has 2 saturated heterocycles. The minimum absolute atomic E-state index is 0.0499. The van der Waals surface area contributed by atoms with Gasteiger partial charge in [-0.1, -0.05) is 18.7 Å². The van der Waals surface area contributed by atoms with Crippen molar-refractivity contribution in [1.29, 1.82) is 5.26 Å². The van der Waals surface area contributed by atoms with Crippen LogP contribution in [0.1, 0.15) is 37.8 Å². The van der Waals surface area contributed by atoms with Crippen molar-refractivity contribution in [2.24, 2.45) is 0 Å². The Morgan fingerprint density at radius 1 is 1.23 bits per heavy atom. The van der Waals surface area contributed by atoms with Crippen LogP contribution in [0.4, 0.5) is 14.6 Å². The third-order valence-electron chi connectivity index (χ3n) is 9.36. The maximum absolute atomic E-state index is 16.6. The van der Waals surface area contributed by atoms with Crippen molar-refractivity contribution in [3.63, 3.8) is 0 Å². The van der Waals surface area contributed by atoms with Gasteiger partial charge in [0.15, 0.2) is 11.6 Å². The number of hydrogen-bond acceptors (Lipinski definition) is 6. The molecule has 0 spiro atoms. The molecule has 0 radical (unpaired) electrons. The Labute approximate surface area is 249 Å². The van der Waals surface area contributed by atoms with Crippen LogP contribution in [0.5, 0.6) is 0 Å². The van der Waals surface area contributed by atoms with E-state index in [1.165, 1.54) is 18.2 Å². The molecule has 0 bridgehead atoms. The van der Waals surface area contributed by atoms with Gasteiger partial charge in [-0.05, 0) is 76.2 Å². The summed E-state index contributed by atoms with van der Waals surface area (Å²) in [5.41, 5.74) is 3.35. The summed E-state index contributed by atoms with van der Waals surface area (Å²) in [6.07, 6.45) is 4.52. The zero-order valence-corrected chi connectivity index (χ0v) is 24.9. The normalized spacial score (nSPS) is 20.0. The molecule has 2 aromatic heterocycles. The van der Waals surface area contributed by atoms with E-state index in [9.17, 15) is 14.4 Å². The summed E-state index contributed by atoms with van der Waals surface area (Å²) in [6, 6.07) is 9.68. The molecule has 2 fully saturated rings. The number of carbonyl (C=O) groups is 1.